The molecule has 0 bridgehead atoms. The average molecular weight is 286 g/mol. The number of H-pyrrole nitrogens is 1. The Morgan fingerprint density at radius 1 is 1.24 bits per heavy atom. The smallest absolute Gasteiger partial charge is 0.260 e. The maximum Gasteiger partial charge on any atom is 0.260 e. The zero-order valence-electron chi connectivity index (χ0n) is 11.7. The second kappa shape index (κ2) is 5.99. The van der Waals surface area contributed by atoms with Gasteiger partial charge < -0.3 is 14.3 Å². The summed E-state index contributed by atoms with van der Waals surface area (Å²) in [5.41, 5.74) is -0.152. The molecule has 0 radical (unpaired) electrons. The Morgan fingerprint density at radius 2 is 2.14 bits per heavy atom. The Morgan fingerprint density at radius 3 is 2.90 bits per heavy atom. The van der Waals surface area contributed by atoms with Crippen molar-refractivity contribution in [2.45, 2.75) is 31.7 Å². The maximum atomic E-state index is 12.7. The first kappa shape index (κ1) is 13.7. The summed E-state index contributed by atoms with van der Waals surface area (Å²) in [6, 6.07) is 6.89. The van der Waals surface area contributed by atoms with Crippen molar-refractivity contribution in [3.05, 3.63) is 58.4 Å². The molecular weight excluding hydrogens is 268 g/mol. The number of rotatable bonds is 2. The van der Waals surface area contributed by atoms with Crippen LogP contribution in [0.4, 0.5) is 0 Å². The fourth-order valence-electron chi connectivity index (χ4n) is 2.87. The predicted molar refractivity (Wildman–Crippen MR) is 78.0 cm³/mol. The molecule has 110 valence electrons. The third kappa shape index (κ3) is 2.77. The van der Waals surface area contributed by atoms with Crippen LogP contribution in [-0.2, 0) is 0 Å². The number of hydrogen-bond donors (Lipinski definition) is 1. The molecule has 1 amide bonds. The van der Waals surface area contributed by atoms with Crippen molar-refractivity contribution in [2.24, 2.45) is 0 Å². The summed E-state index contributed by atoms with van der Waals surface area (Å²) in [7, 11) is 0. The molecule has 0 saturated carbocycles. The van der Waals surface area contributed by atoms with Crippen LogP contribution in [0.5, 0.6) is 0 Å². The van der Waals surface area contributed by atoms with Crippen LogP contribution < -0.4 is 5.56 Å². The maximum absolute atomic E-state index is 12.7. The fourth-order valence-corrected chi connectivity index (χ4v) is 2.87. The molecule has 0 aliphatic carbocycles. The molecule has 1 unspecified atom stereocenters. The van der Waals surface area contributed by atoms with Crippen LogP contribution in [0.2, 0.25) is 0 Å². The van der Waals surface area contributed by atoms with Gasteiger partial charge in [-0.2, -0.15) is 0 Å². The van der Waals surface area contributed by atoms with Gasteiger partial charge in [0.25, 0.3) is 11.5 Å². The van der Waals surface area contributed by atoms with Crippen molar-refractivity contribution in [3.8, 4) is 0 Å². The first-order valence-electron chi connectivity index (χ1n) is 7.29. The second-order valence-corrected chi connectivity index (χ2v) is 5.29. The van der Waals surface area contributed by atoms with Crippen molar-refractivity contribution in [1.82, 2.24) is 9.88 Å². The van der Waals surface area contributed by atoms with Crippen LogP contribution in [0.25, 0.3) is 0 Å². The number of nitrogens with zero attached hydrogens (tertiary/aromatic N) is 1. The minimum absolute atomic E-state index is 0.0883. The number of nitrogens with one attached hydrogen (secondary N) is 1. The van der Waals surface area contributed by atoms with E-state index in [0.29, 0.717) is 6.54 Å². The average Bonchev–Trinajstić information content (AvgIpc) is 2.91. The van der Waals surface area contributed by atoms with Crippen LogP contribution in [0, 0.1) is 0 Å². The van der Waals surface area contributed by atoms with Gasteiger partial charge in [-0.25, -0.2) is 0 Å². The molecule has 3 rings (SSSR count). The summed E-state index contributed by atoms with van der Waals surface area (Å²) in [5, 5.41) is 0. The van der Waals surface area contributed by atoms with E-state index in [-0.39, 0.29) is 23.1 Å². The molecule has 0 aromatic carbocycles. The lowest BCUT2D eigenvalue weighted by Crippen LogP contribution is -2.37. The monoisotopic (exact) mass is 286 g/mol. The van der Waals surface area contributed by atoms with E-state index < -0.39 is 0 Å². The van der Waals surface area contributed by atoms with E-state index in [2.05, 4.69) is 4.98 Å². The molecule has 2 aromatic heterocycles. The van der Waals surface area contributed by atoms with E-state index in [0.717, 1.165) is 31.4 Å². The third-order valence-corrected chi connectivity index (χ3v) is 3.93. The first-order chi connectivity index (χ1) is 10.3. The van der Waals surface area contributed by atoms with Crippen molar-refractivity contribution in [3.63, 3.8) is 0 Å². The van der Waals surface area contributed by atoms with Crippen molar-refractivity contribution in [2.75, 3.05) is 6.54 Å². The second-order valence-electron chi connectivity index (χ2n) is 5.29. The van der Waals surface area contributed by atoms with Gasteiger partial charge >= 0.3 is 0 Å². The highest BCUT2D eigenvalue weighted by molar-refractivity contribution is 5.94. The number of pyridine rings is 1. The number of carbonyl (C=O) groups is 1. The Balaban J connectivity index is 1.95. The van der Waals surface area contributed by atoms with Gasteiger partial charge in [-0.05, 0) is 37.1 Å². The Hall–Kier alpha value is -2.30. The molecule has 1 aliphatic rings. The molecule has 2 aromatic rings. The molecular formula is C16H18N2O3. The number of furan rings is 1. The van der Waals surface area contributed by atoms with Crippen LogP contribution in [-0.4, -0.2) is 22.3 Å². The number of likely N-dealkylation sites (tertiary alicyclic amines) is 1. The molecule has 3 heterocycles. The van der Waals surface area contributed by atoms with Gasteiger partial charge in [0.1, 0.15) is 11.3 Å². The molecule has 5 nitrogen and oxygen atoms in total. The van der Waals surface area contributed by atoms with Gasteiger partial charge in [0.15, 0.2) is 0 Å². The van der Waals surface area contributed by atoms with Crippen LogP contribution >= 0.6 is 0 Å². The number of carbonyl (C=O) groups excluding carboxylic acids is 1. The van der Waals surface area contributed by atoms with Gasteiger partial charge in [-0.1, -0.05) is 12.8 Å². The highest BCUT2D eigenvalue weighted by Crippen LogP contribution is 2.31. The number of hydrogen-bond acceptors (Lipinski definition) is 3. The zero-order chi connectivity index (χ0) is 14.7. The van der Waals surface area contributed by atoms with Gasteiger partial charge in [0.05, 0.1) is 12.3 Å². The summed E-state index contributed by atoms with van der Waals surface area (Å²) >= 11 is 0. The lowest BCUT2D eigenvalue weighted by molar-refractivity contribution is 0.0656. The van der Waals surface area contributed by atoms with E-state index in [1.54, 1.807) is 23.3 Å². The first-order valence-corrected chi connectivity index (χ1v) is 7.29. The molecule has 5 heteroatoms. The van der Waals surface area contributed by atoms with Crippen molar-refractivity contribution < 1.29 is 9.21 Å². The summed E-state index contributed by atoms with van der Waals surface area (Å²) in [6.45, 7) is 0.651. The standard InChI is InChI=1S/C16H18N2O3/c19-15-12(6-4-9-17-15)16(20)18-10-3-1-2-7-13(18)14-8-5-11-21-14/h4-6,8-9,11,13H,1-3,7,10H2,(H,17,19). The minimum atomic E-state index is -0.343. The largest absolute Gasteiger partial charge is 0.467 e. The van der Waals surface area contributed by atoms with E-state index in [1.165, 1.54) is 6.20 Å². The van der Waals surface area contributed by atoms with Gasteiger partial charge in [-0.15, -0.1) is 0 Å². The van der Waals surface area contributed by atoms with E-state index in [9.17, 15) is 9.59 Å². The Kier molecular flexibility index (Phi) is 3.90. The molecule has 1 aliphatic heterocycles. The minimum Gasteiger partial charge on any atom is -0.467 e. The van der Waals surface area contributed by atoms with E-state index in [4.69, 9.17) is 4.42 Å². The molecule has 0 spiro atoms. The summed E-state index contributed by atoms with van der Waals surface area (Å²) in [4.78, 5) is 28.9. The fraction of sp³-hybridized carbons (Fsp3) is 0.375. The summed E-state index contributed by atoms with van der Waals surface area (Å²) in [5.74, 6) is 0.567. The summed E-state index contributed by atoms with van der Waals surface area (Å²) in [6.07, 6.45) is 7.12. The zero-order valence-corrected chi connectivity index (χ0v) is 11.7. The van der Waals surface area contributed by atoms with Crippen LogP contribution in [0.15, 0.2) is 45.9 Å². The van der Waals surface area contributed by atoms with Crippen LogP contribution in [0.3, 0.4) is 0 Å². The normalized spacial score (nSPS) is 19.2. The topological polar surface area (TPSA) is 66.3 Å². The quantitative estimate of drug-likeness (QED) is 0.923. The van der Waals surface area contributed by atoms with Crippen molar-refractivity contribution in [1.29, 1.82) is 0 Å². The number of amides is 1. The molecule has 21 heavy (non-hydrogen) atoms. The van der Waals surface area contributed by atoms with Gasteiger partial charge in [-0.3, -0.25) is 9.59 Å². The highest BCUT2D eigenvalue weighted by atomic mass is 16.3. The highest BCUT2D eigenvalue weighted by Gasteiger charge is 2.30. The summed E-state index contributed by atoms with van der Waals surface area (Å²) < 4.78 is 5.50. The number of aromatic nitrogens is 1. The van der Waals surface area contributed by atoms with E-state index >= 15 is 0 Å². The molecule has 1 fully saturated rings. The lowest BCUT2D eigenvalue weighted by Gasteiger charge is -2.28. The SMILES string of the molecule is O=C(c1ccc[nH]c1=O)N1CCCCCC1c1ccco1. The predicted octanol–water partition coefficient (Wildman–Crippen LogP) is 2.73. The van der Waals surface area contributed by atoms with Gasteiger partial charge in [0.2, 0.25) is 0 Å². The lowest BCUT2D eigenvalue weighted by atomic mass is 10.1. The van der Waals surface area contributed by atoms with Crippen molar-refractivity contribution >= 4 is 5.91 Å². The Bertz CT molecular complexity index is 660. The molecule has 1 atom stereocenters. The van der Waals surface area contributed by atoms with E-state index in [1.807, 2.05) is 12.1 Å². The molecule has 1 saturated heterocycles. The molecule has 1 N–H and O–H groups in total. The number of aromatic amines is 1. The van der Waals surface area contributed by atoms with Crippen LogP contribution in [0.1, 0.15) is 47.8 Å². The van der Waals surface area contributed by atoms with Gasteiger partial charge in [0, 0.05) is 12.7 Å². The Labute approximate surface area is 122 Å². The third-order valence-electron chi connectivity index (χ3n) is 3.93.